The highest BCUT2D eigenvalue weighted by Gasteiger charge is 2.35. The number of rotatable bonds is 2. The molecule has 2 N–H and O–H groups in total. The molecule has 1 atom stereocenters. The van der Waals surface area contributed by atoms with Crippen LogP contribution in [0.2, 0.25) is 10.0 Å². The van der Waals surface area contributed by atoms with E-state index in [1.54, 1.807) is 18.2 Å². The molecule has 0 aliphatic heterocycles. The second kappa shape index (κ2) is 6.16. The van der Waals surface area contributed by atoms with Crippen molar-refractivity contribution in [2.45, 2.75) is 12.2 Å². The number of hydrogen-bond donors (Lipinski definition) is 1. The van der Waals surface area contributed by atoms with E-state index in [2.05, 4.69) is 15.9 Å². The minimum Gasteiger partial charge on any atom is -0.320 e. The molecule has 0 radical (unpaired) electrons. The first-order valence-corrected chi connectivity index (χ1v) is 7.33. The van der Waals surface area contributed by atoms with E-state index in [4.69, 9.17) is 28.9 Å². The number of halogens is 6. The summed E-state index contributed by atoms with van der Waals surface area (Å²) < 4.78 is 39.8. The second-order valence-electron chi connectivity index (χ2n) is 4.35. The summed E-state index contributed by atoms with van der Waals surface area (Å²) in [5, 5.41) is 0.401. The SMILES string of the molecule is NC(c1ccc(Br)cc1C(F)(F)F)c1cccc(Cl)c1Cl. The molecule has 0 heterocycles. The van der Waals surface area contributed by atoms with Gasteiger partial charge in [-0.05, 0) is 29.3 Å². The molecule has 0 bridgehead atoms. The number of nitrogens with two attached hydrogens (primary N) is 1. The minimum absolute atomic E-state index is 0.0603. The van der Waals surface area contributed by atoms with Gasteiger partial charge < -0.3 is 5.73 Å². The summed E-state index contributed by atoms with van der Waals surface area (Å²) in [6.45, 7) is 0. The van der Waals surface area contributed by atoms with Crippen LogP contribution >= 0.6 is 39.1 Å². The first-order chi connectivity index (χ1) is 9.71. The maximum Gasteiger partial charge on any atom is 0.416 e. The molecule has 0 amide bonds. The molecule has 0 saturated carbocycles. The Labute approximate surface area is 138 Å². The third-order valence-electron chi connectivity index (χ3n) is 2.97. The largest absolute Gasteiger partial charge is 0.416 e. The highest BCUT2D eigenvalue weighted by atomic mass is 79.9. The molecule has 2 aromatic rings. The highest BCUT2D eigenvalue weighted by Crippen LogP contribution is 2.39. The topological polar surface area (TPSA) is 26.0 Å². The lowest BCUT2D eigenvalue weighted by molar-refractivity contribution is -0.138. The van der Waals surface area contributed by atoms with E-state index < -0.39 is 17.8 Å². The predicted octanol–water partition coefficient (Wildman–Crippen LogP) is 5.82. The zero-order chi connectivity index (χ0) is 15.8. The third-order valence-corrected chi connectivity index (χ3v) is 4.30. The Morgan fingerprint density at radius 1 is 1.05 bits per heavy atom. The van der Waals surface area contributed by atoms with Crippen LogP contribution in [-0.4, -0.2) is 0 Å². The van der Waals surface area contributed by atoms with Crippen molar-refractivity contribution in [2.24, 2.45) is 5.73 Å². The Hall–Kier alpha value is -0.750. The summed E-state index contributed by atoms with van der Waals surface area (Å²) >= 11 is 14.9. The summed E-state index contributed by atoms with van der Waals surface area (Å²) in [4.78, 5) is 0. The van der Waals surface area contributed by atoms with Crippen molar-refractivity contribution < 1.29 is 13.2 Å². The summed E-state index contributed by atoms with van der Waals surface area (Å²) in [6, 6.07) is 7.50. The van der Waals surface area contributed by atoms with Crippen molar-refractivity contribution in [1.29, 1.82) is 0 Å². The molecular weight excluding hydrogens is 390 g/mol. The molecule has 0 aliphatic rings. The molecule has 1 nitrogen and oxygen atoms in total. The lowest BCUT2D eigenvalue weighted by atomic mass is 9.95. The van der Waals surface area contributed by atoms with Gasteiger partial charge in [-0.15, -0.1) is 0 Å². The number of hydrogen-bond acceptors (Lipinski definition) is 1. The van der Waals surface area contributed by atoms with E-state index >= 15 is 0 Å². The van der Waals surface area contributed by atoms with Crippen LogP contribution in [0.4, 0.5) is 13.2 Å². The lowest BCUT2D eigenvalue weighted by Gasteiger charge is -2.20. The van der Waals surface area contributed by atoms with Gasteiger partial charge in [0.15, 0.2) is 0 Å². The first-order valence-electron chi connectivity index (χ1n) is 5.78. The Morgan fingerprint density at radius 2 is 1.71 bits per heavy atom. The number of alkyl halides is 3. The van der Waals surface area contributed by atoms with Gasteiger partial charge in [-0.1, -0.05) is 57.3 Å². The standard InChI is InChI=1S/C14H9BrCl2F3N/c15-7-4-5-8(10(6-7)14(18,19)20)13(21)9-2-1-3-11(16)12(9)17/h1-6,13H,21H2. The lowest BCUT2D eigenvalue weighted by Crippen LogP contribution is -2.19. The zero-order valence-corrected chi connectivity index (χ0v) is 13.5. The molecule has 0 aromatic heterocycles. The van der Waals surface area contributed by atoms with Gasteiger partial charge in [0.05, 0.1) is 21.7 Å². The molecule has 7 heteroatoms. The summed E-state index contributed by atoms with van der Waals surface area (Å²) in [5.41, 5.74) is 5.45. The molecule has 0 fully saturated rings. The van der Waals surface area contributed by atoms with Crippen LogP contribution in [0.5, 0.6) is 0 Å². The Bertz CT molecular complexity index is 674. The monoisotopic (exact) mass is 397 g/mol. The fourth-order valence-electron chi connectivity index (χ4n) is 1.97. The quantitative estimate of drug-likeness (QED) is 0.677. The van der Waals surface area contributed by atoms with Crippen LogP contribution in [-0.2, 0) is 6.18 Å². The van der Waals surface area contributed by atoms with Crippen LogP contribution in [0.1, 0.15) is 22.7 Å². The smallest absolute Gasteiger partial charge is 0.320 e. The van der Waals surface area contributed by atoms with Gasteiger partial charge in [0.25, 0.3) is 0 Å². The fraction of sp³-hybridized carbons (Fsp3) is 0.143. The number of benzene rings is 2. The predicted molar refractivity (Wildman–Crippen MR) is 81.6 cm³/mol. The zero-order valence-electron chi connectivity index (χ0n) is 10.4. The summed E-state index contributed by atoms with van der Waals surface area (Å²) in [6.07, 6.45) is -4.51. The van der Waals surface area contributed by atoms with Crippen molar-refractivity contribution >= 4 is 39.1 Å². The maximum absolute atomic E-state index is 13.1. The Balaban J connectivity index is 2.59. The molecular formula is C14H9BrCl2F3N. The van der Waals surface area contributed by atoms with E-state index in [1.807, 2.05) is 0 Å². The van der Waals surface area contributed by atoms with Crippen LogP contribution in [0, 0.1) is 0 Å². The van der Waals surface area contributed by atoms with Crippen molar-refractivity contribution in [1.82, 2.24) is 0 Å². The molecule has 0 aliphatic carbocycles. The van der Waals surface area contributed by atoms with Crippen LogP contribution in [0.3, 0.4) is 0 Å². The molecule has 21 heavy (non-hydrogen) atoms. The van der Waals surface area contributed by atoms with Crippen molar-refractivity contribution in [3.05, 3.63) is 67.6 Å². The molecule has 2 aromatic carbocycles. The second-order valence-corrected chi connectivity index (χ2v) is 6.05. The van der Waals surface area contributed by atoms with E-state index in [0.29, 0.717) is 10.0 Å². The summed E-state index contributed by atoms with van der Waals surface area (Å²) in [5.74, 6) is 0. The molecule has 1 unspecified atom stereocenters. The highest BCUT2D eigenvalue weighted by molar-refractivity contribution is 9.10. The van der Waals surface area contributed by atoms with Gasteiger partial charge in [-0.25, -0.2) is 0 Å². The molecule has 0 saturated heterocycles. The minimum atomic E-state index is -4.51. The van der Waals surface area contributed by atoms with Gasteiger partial charge in [0, 0.05) is 4.47 Å². The average Bonchev–Trinajstić information content (AvgIpc) is 2.40. The van der Waals surface area contributed by atoms with E-state index in [-0.39, 0.29) is 15.6 Å². The van der Waals surface area contributed by atoms with Gasteiger partial charge in [-0.2, -0.15) is 13.2 Å². The third kappa shape index (κ3) is 3.54. The van der Waals surface area contributed by atoms with Crippen molar-refractivity contribution in [2.75, 3.05) is 0 Å². The van der Waals surface area contributed by atoms with Gasteiger partial charge in [-0.3, -0.25) is 0 Å². The molecule has 0 spiro atoms. The summed E-state index contributed by atoms with van der Waals surface area (Å²) in [7, 11) is 0. The van der Waals surface area contributed by atoms with Crippen LogP contribution in [0.15, 0.2) is 40.9 Å². The van der Waals surface area contributed by atoms with E-state index in [1.165, 1.54) is 12.1 Å². The fourth-order valence-corrected chi connectivity index (χ4v) is 2.76. The maximum atomic E-state index is 13.1. The van der Waals surface area contributed by atoms with E-state index in [9.17, 15) is 13.2 Å². The van der Waals surface area contributed by atoms with Gasteiger partial charge in [0.2, 0.25) is 0 Å². The van der Waals surface area contributed by atoms with Gasteiger partial charge in [0.1, 0.15) is 0 Å². The van der Waals surface area contributed by atoms with E-state index in [0.717, 1.165) is 6.07 Å². The Kier molecular flexibility index (Phi) is 4.88. The normalized spacial score (nSPS) is 13.3. The van der Waals surface area contributed by atoms with Crippen LogP contribution < -0.4 is 5.73 Å². The van der Waals surface area contributed by atoms with Crippen LogP contribution in [0.25, 0.3) is 0 Å². The van der Waals surface area contributed by atoms with Crippen molar-refractivity contribution in [3.8, 4) is 0 Å². The van der Waals surface area contributed by atoms with Gasteiger partial charge >= 0.3 is 6.18 Å². The molecule has 2 rings (SSSR count). The molecule has 112 valence electrons. The first kappa shape index (κ1) is 16.6. The van der Waals surface area contributed by atoms with Crippen molar-refractivity contribution in [3.63, 3.8) is 0 Å². The Morgan fingerprint density at radius 3 is 2.33 bits per heavy atom. The average molecular weight is 399 g/mol.